The molecule has 1 atom stereocenters. The molecule has 1 aromatic rings. The molecule has 18 heavy (non-hydrogen) atoms. The summed E-state index contributed by atoms with van der Waals surface area (Å²) in [5.74, 6) is 0.955. The van der Waals surface area contributed by atoms with Gasteiger partial charge in [-0.1, -0.05) is 6.92 Å². The van der Waals surface area contributed by atoms with E-state index in [9.17, 15) is 4.39 Å². The second-order valence-electron chi connectivity index (χ2n) is 5.96. The molecule has 0 aromatic heterocycles. The lowest BCUT2D eigenvalue weighted by atomic mass is 10.1. The van der Waals surface area contributed by atoms with E-state index in [4.69, 9.17) is 4.74 Å². The van der Waals surface area contributed by atoms with Gasteiger partial charge in [0.2, 0.25) is 0 Å². The van der Waals surface area contributed by atoms with Crippen molar-refractivity contribution in [3.8, 4) is 5.75 Å². The third-order valence-electron chi connectivity index (χ3n) is 2.64. The second kappa shape index (κ2) is 6.19. The zero-order valence-electron chi connectivity index (χ0n) is 12.0. The average Bonchev–Trinajstić information content (AvgIpc) is 2.27. The zero-order chi connectivity index (χ0) is 13.8. The van der Waals surface area contributed by atoms with Crippen LogP contribution in [0.15, 0.2) is 18.2 Å². The highest BCUT2D eigenvalue weighted by Crippen LogP contribution is 2.16. The Morgan fingerprint density at radius 1 is 1.33 bits per heavy atom. The van der Waals surface area contributed by atoms with Gasteiger partial charge in [0.1, 0.15) is 11.6 Å². The third-order valence-corrected chi connectivity index (χ3v) is 2.64. The van der Waals surface area contributed by atoms with Crippen molar-refractivity contribution in [2.45, 2.75) is 40.2 Å². The van der Waals surface area contributed by atoms with Crippen molar-refractivity contribution in [2.75, 3.05) is 13.2 Å². The summed E-state index contributed by atoms with van der Waals surface area (Å²) >= 11 is 0. The van der Waals surface area contributed by atoms with Crippen LogP contribution in [0.4, 0.5) is 4.39 Å². The lowest BCUT2D eigenvalue weighted by molar-refractivity contribution is 0.244. The summed E-state index contributed by atoms with van der Waals surface area (Å²) in [5.41, 5.74) is 0.744. The van der Waals surface area contributed by atoms with Crippen molar-refractivity contribution < 1.29 is 9.13 Å². The van der Waals surface area contributed by atoms with Gasteiger partial charge in [-0.05, 0) is 51.5 Å². The van der Waals surface area contributed by atoms with Gasteiger partial charge in [0.05, 0.1) is 6.61 Å². The van der Waals surface area contributed by atoms with E-state index in [1.165, 1.54) is 6.07 Å². The maximum atomic E-state index is 13.1. The first kappa shape index (κ1) is 15.0. The molecule has 2 nitrogen and oxygen atoms in total. The Hall–Kier alpha value is -1.09. The number of hydrogen-bond acceptors (Lipinski definition) is 2. The van der Waals surface area contributed by atoms with Gasteiger partial charge < -0.3 is 10.1 Å². The van der Waals surface area contributed by atoms with Crippen molar-refractivity contribution >= 4 is 0 Å². The highest BCUT2D eigenvalue weighted by molar-refractivity contribution is 5.28. The van der Waals surface area contributed by atoms with E-state index in [-0.39, 0.29) is 11.4 Å². The molecule has 0 aliphatic heterocycles. The molecule has 0 radical (unpaired) electrons. The standard InChI is InChI=1S/C15H24FNO/c1-11(9-17-15(3,4)5)10-18-13-6-7-14(16)12(2)8-13/h6-8,11,17H,9-10H2,1-5H3. The highest BCUT2D eigenvalue weighted by atomic mass is 19.1. The van der Waals surface area contributed by atoms with Crippen LogP contribution in [0.2, 0.25) is 0 Å². The Morgan fingerprint density at radius 3 is 2.56 bits per heavy atom. The smallest absolute Gasteiger partial charge is 0.126 e. The molecular formula is C15H24FNO. The van der Waals surface area contributed by atoms with Gasteiger partial charge in [-0.2, -0.15) is 0 Å². The molecule has 0 saturated heterocycles. The summed E-state index contributed by atoms with van der Waals surface area (Å²) in [6.45, 7) is 11.8. The molecule has 1 N–H and O–H groups in total. The summed E-state index contributed by atoms with van der Waals surface area (Å²) in [7, 11) is 0. The van der Waals surface area contributed by atoms with Gasteiger partial charge in [-0.15, -0.1) is 0 Å². The Morgan fingerprint density at radius 2 is 2.00 bits per heavy atom. The molecule has 0 spiro atoms. The van der Waals surface area contributed by atoms with E-state index in [0.29, 0.717) is 18.1 Å². The second-order valence-corrected chi connectivity index (χ2v) is 5.96. The molecule has 0 saturated carbocycles. The van der Waals surface area contributed by atoms with Crippen LogP contribution in [0, 0.1) is 18.7 Å². The monoisotopic (exact) mass is 253 g/mol. The molecule has 102 valence electrons. The van der Waals surface area contributed by atoms with E-state index in [1.54, 1.807) is 19.1 Å². The Balaban J connectivity index is 2.38. The van der Waals surface area contributed by atoms with Crippen LogP contribution in [0.3, 0.4) is 0 Å². The molecule has 0 heterocycles. The summed E-state index contributed by atoms with van der Waals surface area (Å²) in [6, 6.07) is 4.86. The molecule has 1 aromatic carbocycles. The summed E-state index contributed by atoms with van der Waals surface area (Å²) in [4.78, 5) is 0. The van der Waals surface area contributed by atoms with Gasteiger partial charge in [0.25, 0.3) is 0 Å². The quantitative estimate of drug-likeness (QED) is 0.866. The van der Waals surface area contributed by atoms with Crippen molar-refractivity contribution in [3.05, 3.63) is 29.6 Å². The third kappa shape index (κ3) is 5.50. The first-order valence-corrected chi connectivity index (χ1v) is 6.42. The van der Waals surface area contributed by atoms with Crippen molar-refractivity contribution in [2.24, 2.45) is 5.92 Å². The molecule has 0 amide bonds. The minimum absolute atomic E-state index is 0.126. The SMILES string of the molecule is Cc1cc(OCC(C)CNC(C)(C)C)ccc1F. The summed E-state index contributed by atoms with van der Waals surface area (Å²) in [6.07, 6.45) is 0. The maximum Gasteiger partial charge on any atom is 0.126 e. The van der Waals surface area contributed by atoms with Crippen LogP contribution in [0.25, 0.3) is 0 Å². The van der Waals surface area contributed by atoms with Gasteiger partial charge in [0, 0.05) is 18.0 Å². The number of nitrogens with one attached hydrogen (secondary N) is 1. The van der Waals surface area contributed by atoms with Crippen molar-refractivity contribution in [3.63, 3.8) is 0 Å². The number of benzene rings is 1. The predicted molar refractivity (Wildman–Crippen MR) is 73.6 cm³/mol. The van der Waals surface area contributed by atoms with E-state index < -0.39 is 0 Å². The zero-order valence-corrected chi connectivity index (χ0v) is 12.0. The van der Waals surface area contributed by atoms with Crippen molar-refractivity contribution in [1.82, 2.24) is 5.32 Å². The van der Waals surface area contributed by atoms with E-state index >= 15 is 0 Å². The number of ether oxygens (including phenoxy) is 1. The van der Waals surface area contributed by atoms with Gasteiger partial charge in [-0.3, -0.25) is 0 Å². The van der Waals surface area contributed by atoms with E-state index in [2.05, 4.69) is 33.0 Å². The van der Waals surface area contributed by atoms with Gasteiger partial charge in [-0.25, -0.2) is 4.39 Å². The number of halogens is 1. The molecule has 1 rings (SSSR count). The van der Waals surface area contributed by atoms with Crippen LogP contribution in [-0.4, -0.2) is 18.7 Å². The normalized spacial score (nSPS) is 13.4. The average molecular weight is 253 g/mol. The number of hydrogen-bond donors (Lipinski definition) is 1. The van der Waals surface area contributed by atoms with E-state index in [1.807, 2.05) is 0 Å². The Kier molecular flexibility index (Phi) is 5.15. The highest BCUT2D eigenvalue weighted by Gasteiger charge is 2.11. The van der Waals surface area contributed by atoms with E-state index in [0.717, 1.165) is 12.3 Å². The Labute approximate surface area is 110 Å². The maximum absolute atomic E-state index is 13.1. The number of rotatable bonds is 5. The molecule has 0 aliphatic carbocycles. The van der Waals surface area contributed by atoms with Crippen LogP contribution in [-0.2, 0) is 0 Å². The fourth-order valence-electron chi connectivity index (χ4n) is 1.48. The lowest BCUT2D eigenvalue weighted by Crippen LogP contribution is -2.39. The molecule has 0 fully saturated rings. The topological polar surface area (TPSA) is 21.3 Å². The minimum atomic E-state index is -0.190. The van der Waals surface area contributed by atoms with Gasteiger partial charge in [0.15, 0.2) is 0 Å². The number of aryl methyl sites for hydroxylation is 1. The lowest BCUT2D eigenvalue weighted by Gasteiger charge is -2.23. The summed E-state index contributed by atoms with van der Waals surface area (Å²) < 4.78 is 18.7. The van der Waals surface area contributed by atoms with Crippen LogP contribution >= 0.6 is 0 Å². The van der Waals surface area contributed by atoms with Crippen molar-refractivity contribution in [1.29, 1.82) is 0 Å². The van der Waals surface area contributed by atoms with Crippen LogP contribution in [0.1, 0.15) is 33.3 Å². The largest absolute Gasteiger partial charge is 0.493 e. The predicted octanol–water partition coefficient (Wildman–Crippen LogP) is 3.54. The van der Waals surface area contributed by atoms with Gasteiger partial charge >= 0.3 is 0 Å². The molecule has 0 aliphatic rings. The van der Waals surface area contributed by atoms with Crippen LogP contribution < -0.4 is 10.1 Å². The molecule has 1 unspecified atom stereocenters. The first-order chi connectivity index (χ1) is 8.28. The summed E-state index contributed by atoms with van der Waals surface area (Å²) in [5, 5.41) is 3.44. The minimum Gasteiger partial charge on any atom is -0.493 e. The molecular weight excluding hydrogens is 229 g/mol. The van der Waals surface area contributed by atoms with Crippen LogP contribution in [0.5, 0.6) is 5.75 Å². The fourth-order valence-corrected chi connectivity index (χ4v) is 1.48. The first-order valence-electron chi connectivity index (χ1n) is 6.42. The Bertz CT molecular complexity index is 385. The molecule has 3 heteroatoms. The molecule has 0 bridgehead atoms. The fraction of sp³-hybridized carbons (Fsp3) is 0.600.